The minimum absolute atomic E-state index is 0.0388. The number of hydrogen-bond acceptors (Lipinski definition) is 1. The quantitative estimate of drug-likeness (QED) is 0.884. The van der Waals surface area contributed by atoms with Gasteiger partial charge in [-0.2, -0.15) is 0 Å². The van der Waals surface area contributed by atoms with Gasteiger partial charge in [-0.25, -0.2) is 4.79 Å². The smallest absolute Gasteiger partial charge is 0.315 e. The van der Waals surface area contributed by atoms with Gasteiger partial charge in [0.05, 0.1) is 0 Å². The van der Waals surface area contributed by atoms with Crippen molar-refractivity contribution in [2.24, 2.45) is 5.92 Å². The Bertz CT molecular complexity index is 443. The zero-order valence-corrected chi connectivity index (χ0v) is 11.1. The fraction of sp³-hybridized carbons (Fsp3) is 0.462. The van der Waals surface area contributed by atoms with Crippen molar-refractivity contribution in [3.8, 4) is 0 Å². The van der Waals surface area contributed by atoms with Gasteiger partial charge in [-0.05, 0) is 42.9 Å². The Hall–Kier alpha value is -1.03. The lowest BCUT2D eigenvalue weighted by Crippen LogP contribution is -2.69. The molecule has 0 aromatic heterocycles. The highest BCUT2D eigenvalue weighted by molar-refractivity contribution is 9.10. The van der Waals surface area contributed by atoms with Crippen LogP contribution in [0.25, 0.3) is 0 Å². The molecule has 90 valence electrons. The number of hydrogen-bond donors (Lipinski definition) is 2. The van der Waals surface area contributed by atoms with Crippen LogP contribution < -0.4 is 10.6 Å². The summed E-state index contributed by atoms with van der Waals surface area (Å²) < 4.78 is 1.04. The summed E-state index contributed by atoms with van der Waals surface area (Å²) in [4.78, 5) is 11.7. The van der Waals surface area contributed by atoms with Crippen LogP contribution in [0.3, 0.4) is 0 Å². The van der Waals surface area contributed by atoms with Crippen LogP contribution in [0.15, 0.2) is 28.7 Å². The molecule has 1 aromatic rings. The van der Waals surface area contributed by atoms with E-state index < -0.39 is 0 Å². The molecule has 2 bridgehead atoms. The van der Waals surface area contributed by atoms with Gasteiger partial charge in [0.2, 0.25) is 0 Å². The molecule has 0 atom stereocenters. The van der Waals surface area contributed by atoms with E-state index in [1.54, 1.807) is 0 Å². The summed E-state index contributed by atoms with van der Waals surface area (Å²) in [6.45, 7) is 0.574. The summed E-state index contributed by atoms with van der Waals surface area (Å²) in [7, 11) is 0. The molecule has 3 nitrogen and oxygen atoms in total. The summed E-state index contributed by atoms with van der Waals surface area (Å²) in [5.74, 6) is 0.889. The number of nitrogens with one attached hydrogen (secondary N) is 2. The number of benzene rings is 1. The number of rotatable bonds is 3. The van der Waals surface area contributed by atoms with E-state index in [1.807, 2.05) is 24.3 Å². The highest BCUT2D eigenvalue weighted by atomic mass is 79.9. The van der Waals surface area contributed by atoms with E-state index in [4.69, 9.17) is 0 Å². The predicted octanol–water partition coefficient (Wildman–Crippen LogP) is 2.80. The summed E-state index contributed by atoms with van der Waals surface area (Å²) in [6, 6.07) is 7.93. The Kier molecular flexibility index (Phi) is 2.62. The van der Waals surface area contributed by atoms with Crippen molar-refractivity contribution in [3.05, 3.63) is 34.3 Å². The number of halogens is 1. The van der Waals surface area contributed by atoms with Crippen molar-refractivity contribution in [3.63, 3.8) is 0 Å². The molecule has 4 rings (SSSR count). The lowest BCUT2D eigenvalue weighted by Gasteiger charge is -2.61. The second-order valence-corrected chi connectivity index (χ2v) is 6.11. The second-order valence-electron chi connectivity index (χ2n) is 5.20. The van der Waals surface area contributed by atoms with E-state index in [2.05, 4.69) is 26.6 Å². The maximum Gasteiger partial charge on any atom is 0.315 e. The van der Waals surface area contributed by atoms with Crippen molar-refractivity contribution in [1.82, 2.24) is 10.6 Å². The number of carbonyl (C=O) groups is 1. The van der Waals surface area contributed by atoms with Crippen molar-refractivity contribution in [2.75, 3.05) is 0 Å². The van der Waals surface area contributed by atoms with E-state index in [9.17, 15) is 4.79 Å². The SMILES string of the molecule is O=C(NCc1cccc(Br)c1)NC12CC(C1)C2. The molecule has 0 radical (unpaired) electrons. The van der Waals surface area contributed by atoms with Crippen LogP contribution in [0.4, 0.5) is 4.79 Å². The van der Waals surface area contributed by atoms with Crippen molar-refractivity contribution in [2.45, 2.75) is 31.3 Å². The fourth-order valence-corrected chi connectivity index (χ4v) is 3.19. The van der Waals surface area contributed by atoms with Gasteiger partial charge in [-0.1, -0.05) is 28.1 Å². The lowest BCUT2D eigenvalue weighted by atomic mass is 9.50. The minimum Gasteiger partial charge on any atom is -0.334 e. The zero-order chi connectivity index (χ0) is 11.9. The Morgan fingerprint density at radius 1 is 1.41 bits per heavy atom. The van der Waals surface area contributed by atoms with Gasteiger partial charge >= 0.3 is 6.03 Å². The van der Waals surface area contributed by atoms with Gasteiger partial charge in [-0.3, -0.25) is 0 Å². The molecule has 0 saturated heterocycles. The average Bonchev–Trinajstić information content (AvgIpc) is 2.19. The van der Waals surface area contributed by atoms with E-state index >= 15 is 0 Å². The maximum absolute atomic E-state index is 11.7. The molecule has 3 saturated carbocycles. The highest BCUT2D eigenvalue weighted by Crippen LogP contribution is 2.56. The van der Waals surface area contributed by atoms with Crippen LogP contribution in [0.2, 0.25) is 0 Å². The van der Waals surface area contributed by atoms with Crippen LogP contribution in [0.1, 0.15) is 24.8 Å². The summed E-state index contributed by atoms with van der Waals surface area (Å²) in [6.07, 6.45) is 3.53. The van der Waals surface area contributed by atoms with Crippen LogP contribution >= 0.6 is 15.9 Å². The first kappa shape index (κ1) is 11.1. The zero-order valence-electron chi connectivity index (χ0n) is 9.50. The van der Waals surface area contributed by atoms with Crippen LogP contribution in [-0.4, -0.2) is 11.6 Å². The molecule has 4 heteroatoms. The molecule has 0 unspecified atom stereocenters. The Balaban J connectivity index is 1.48. The van der Waals surface area contributed by atoms with Gasteiger partial charge < -0.3 is 10.6 Å². The van der Waals surface area contributed by atoms with E-state index in [-0.39, 0.29) is 11.6 Å². The standard InChI is InChI=1S/C13H15BrN2O/c14-11-3-1-2-9(4-11)8-15-12(17)16-13-5-10(6-13)7-13/h1-4,10H,5-8H2,(H2,15,16,17). The van der Waals surface area contributed by atoms with E-state index in [1.165, 1.54) is 19.3 Å². The van der Waals surface area contributed by atoms with Gasteiger partial charge in [0.25, 0.3) is 0 Å². The van der Waals surface area contributed by atoms with Crippen molar-refractivity contribution in [1.29, 1.82) is 0 Å². The molecule has 3 aliphatic carbocycles. The van der Waals surface area contributed by atoms with Crippen LogP contribution in [-0.2, 0) is 6.54 Å². The number of carbonyl (C=O) groups excluding carboxylic acids is 1. The normalized spacial score (nSPS) is 28.9. The first-order valence-corrected chi connectivity index (χ1v) is 6.75. The lowest BCUT2D eigenvalue weighted by molar-refractivity contribution is -0.0402. The topological polar surface area (TPSA) is 41.1 Å². The molecule has 0 spiro atoms. The monoisotopic (exact) mass is 294 g/mol. The largest absolute Gasteiger partial charge is 0.334 e. The summed E-state index contributed by atoms with van der Waals surface area (Å²) in [5.41, 5.74) is 1.26. The third kappa shape index (κ3) is 2.18. The van der Waals surface area contributed by atoms with Crippen LogP contribution in [0, 0.1) is 5.92 Å². The van der Waals surface area contributed by atoms with Gasteiger partial charge in [0.15, 0.2) is 0 Å². The third-order valence-corrected chi connectivity index (χ3v) is 4.25. The number of urea groups is 1. The molecule has 3 aliphatic rings. The Morgan fingerprint density at radius 2 is 2.18 bits per heavy atom. The Labute approximate surface area is 109 Å². The fourth-order valence-electron chi connectivity index (χ4n) is 2.75. The van der Waals surface area contributed by atoms with Gasteiger partial charge in [0, 0.05) is 16.6 Å². The van der Waals surface area contributed by atoms with Gasteiger partial charge in [-0.15, -0.1) is 0 Å². The molecule has 0 aliphatic heterocycles. The Morgan fingerprint density at radius 3 is 2.76 bits per heavy atom. The molecule has 2 amide bonds. The molecule has 3 fully saturated rings. The molecular formula is C13H15BrN2O. The average molecular weight is 295 g/mol. The summed E-state index contributed by atoms with van der Waals surface area (Å²) >= 11 is 3.42. The predicted molar refractivity (Wildman–Crippen MR) is 69.6 cm³/mol. The maximum atomic E-state index is 11.7. The molecule has 0 heterocycles. The van der Waals surface area contributed by atoms with Gasteiger partial charge in [0.1, 0.15) is 0 Å². The van der Waals surface area contributed by atoms with Crippen LogP contribution in [0.5, 0.6) is 0 Å². The molecule has 17 heavy (non-hydrogen) atoms. The minimum atomic E-state index is -0.0388. The highest BCUT2D eigenvalue weighted by Gasteiger charge is 2.57. The second kappa shape index (κ2) is 4.02. The first-order valence-electron chi connectivity index (χ1n) is 5.96. The first-order chi connectivity index (χ1) is 8.15. The number of amides is 2. The molecule has 1 aromatic carbocycles. The molecular weight excluding hydrogens is 280 g/mol. The van der Waals surface area contributed by atoms with Crippen molar-refractivity contribution < 1.29 is 4.79 Å². The van der Waals surface area contributed by atoms with E-state index in [0.29, 0.717) is 6.54 Å². The summed E-state index contributed by atoms with van der Waals surface area (Å²) in [5, 5.41) is 5.99. The third-order valence-electron chi connectivity index (χ3n) is 3.76. The van der Waals surface area contributed by atoms with Crippen molar-refractivity contribution >= 4 is 22.0 Å². The molecule has 2 N–H and O–H groups in total. The van der Waals surface area contributed by atoms with E-state index in [0.717, 1.165) is 16.0 Å².